The van der Waals surface area contributed by atoms with Gasteiger partial charge in [-0.15, -0.1) is 5.10 Å². The van der Waals surface area contributed by atoms with Crippen LogP contribution in [0.1, 0.15) is 39.2 Å². The molecule has 0 bridgehead atoms. The maximum Gasteiger partial charge on any atom is 0.303 e. The fraction of sp³-hybridized carbons (Fsp3) is 0.471. The van der Waals surface area contributed by atoms with Gasteiger partial charge in [0, 0.05) is 13.0 Å². The average Bonchev–Trinajstić information content (AvgIpc) is 2.57. The van der Waals surface area contributed by atoms with Gasteiger partial charge in [0.1, 0.15) is 11.6 Å². The first-order valence-corrected chi connectivity index (χ1v) is 8.24. The van der Waals surface area contributed by atoms with Crippen LogP contribution in [0.5, 0.6) is 0 Å². The Morgan fingerprint density at radius 1 is 1.28 bits per heavy atom. The van der Waals surface area contributed by atoms with Crippen LogP contribution >= 0.6 is 0 Å². The fourth-order valence-corrected chi connectivity index (χ4v) is 2.54. The van der Waals surface area contributed by atoms with Gasteiger partial charge in [-0.1, -0.05) is 31.2 Å². The molecule has 0 aliphatic carbocycles. The molecule has 0 unspecified atom stereocenters. The van der Waals surface area contributed by atoms with Crippen LogP contribution in [0.15, 0.2) is 29.1 Å². The van der Waals surface area contributed by atoms with Gasteiger partial charge >= 0.3 is 5.97 Å². The van der Waals surface area contributed by atoms with E-state index in [1.165, 1.54) is 0 Å². The summed E-state index contributed by atoms with van der Waals surface area (Å²) >= 11 is 0. The van der Waals surface area contributed by atoms with Crippen LogP contribution in [-0.4, -0.2) is 38.5 Å². The van der Waals surface area contributed by atoms with Gasteiger partial charge < -0.3 is 10.4 Å². The van der Waals surface area contributed by atoms with Crippen molar-refractivity contribution in [2.75, 3.05) is 6.54 Å². The molecule has 0 saturated carbocycles. The van der Waals surface area contributed by atoms with Crippen LogP contribution in [0.4, 0.5) is 0 Å². The van der Waals surface area contributed by atoms with Crippen molar-refractivity contribution in [1.29, 1.82) is 0 Å². The van der Waals surface area contributed by atoms with E-state index in [4.69, 9.17) is 5.11 Å². The quantitative estimate of drug-likeness (QED) is 0.698. The van der Waals surface area contributed by atoms with E-state index in [-0.39, 0.29) is 30.3 Å². The summed E-state index contributed by atoms with van der Waals surface area (Å²) in [6.45, 7) is 4.13. The number of nitrogens with zero attached hydrogens (tertiary/aromatic N) is 3. The van der Waals surface area contributed by atoms with E-state index in [1.54, 1.807) is 24.3 Å². The Labute approximate surface area is 144 Å². The Morgan fingerprint density at radius 2 is 2.00 bits per heavy atom. The van der Waals surface area contributed by atoms with Gasteiger partial charge in [-0.25, -0.2) is 0 Å². The second kappa shape index (κ2) is 8.36. The van der Waals surface area contributed by atoms with Crippen molar-refractivity contribution in [1.82, 2.24) is 20.3 Å². The van der Waals surface area contributed by atoms with E-state index in [9.17, 15) is 14.4 Å². The zero-order valence-electron chi connectivity index (χ0n) is 14.3. The molecule has 1 aromatic carbocycles. The molecule has 2 rings (SSSR count). The Kier molecular flexibility index (Phi) is 6.21. The average molecular weight is 346 g/mol. The standard InChI is InChI=1S/C17H22N4O4/c1-11(2)10-14(16(24)18-9-5-8-15(22)23)21-17(25)12-6-3-4-7-13(12)19-20-21/h3-4,6-7,11,14H,5,8-10H2,1-2H3,(H,18,24)(H,22,23)/t14-/m0/s1. The summed E-state index contributed by atoms with van der Waals surface area (Å²) in [6.07, 6.45) is 0.732. The lowest BCUT2D eigenvalue weighted by Crippen LogP contribution is -2.40. The molecule has 1 atom stereocenters. The van der Waals surface area contributed by atoms with Gasteiger partial charge in [0.05, 0.1) is 5.39 Å². The maximum absolute atomic E-state index is 12.7. The molecular weight excluding hydrogens is 324 g/mol. The molecule has 0 radical (unpaired) electrons. The zero-order chi connectivity index (χ0) is 18.4. The molecule has 1 heterocycles. The molecule has 8 heteroatoms. The van der Waals surface area contributed by atoms with Crippen molar-refractivity contribution < 1.29 is 14.7 Å². The smallest absolute Gasteiger partial charge is 0.303 e. The predicted molar refractivity (Wildman–Crippen MR) is 92.2 cm³/mol. The fourth-order valence-electron chi connectivity index (χ4n) is 2.54. The Balaban J connectivity index is 2.25. The summed E-state index contributed by atoms with van der Waals surface area (Å²) in [7, 11) is 0. The lowest BCUT2D eigenvalue weighted by Gasteiger charge is -2.19. The molecule has 0 aliphatic heterocycles. The summed E-state index contributed by atoms with van der Waals surface area (Å²) in [6, 6.07) is 6.06. The lowest BCUT2D eigenvalue weighted by atomic mass is 10.0. The van der Waals surface area contributed by atoms with E-state index in [2.05, 4.69) is 15.6 Å². The van der Waals surface area contributed by atoms with E-state index in [1.807, 2.05) is 13.8 Å². The first-order chi connectivity index (χ1) is 11.9. The number of fused-ring (bicyclic) bond motifs is 1. The van der Waals surface area contributed by atoms with Crippen molar-refractivity contribution in [2.45, 2.75) is 39.2 Å². The number of carbonyl (C=O) groups excluding carboxylic acids is 1. The largest absolute Gasteiger partial charge is 0.481 e. The molecular formula is C17H22N4O4. The van der Waals surface area contributed by atoms with Crippen LogP contribution < -0.4 is 10.9 Å². The van der Waals surface area contributed by atoms with Crippen LogP contribution in [0, 0.1) is 5.92 Å². The summed E-state index contributed by atoms with van der Waals surface area (Å²) < 4.78 is 1.12. The van der Waals surface area contributed by atoms with E-state index < -0.39 is 12.0 Å². The van der Waals surface area contributed by atoms with Crippen molar-refractivity contribution >= 4 is 22.8 Å². The monoisotopic (exact) mass is 346 g/mol. The van der Waals surface area contributed by atoms with Crippen LogP contribution in [0.25, 0.3) is 10.9 Å². The summed E-state index contributed by atoms with van der Waals surface area (Å²) in [5.74, 6) is -1.11. The molecule has 8 nitrogen and oxygen atoms in total. The van der Waals surface area contributed by atoms with E-state index >= 15 is 0 Å². The highest BCUT2D eigenvalue weighted by Gasteiger charge is 2.24. The Hall–Kier alpha value is -2.77. The third kappa shape index (κ3) is 4.85. The topological polar surface area (TPSA) is 114 Å². The number of hydrogen-bond acceptors (Lipinski definition) is 5. The van der Waals surface area contributed by atoms with Crippen molar-refractivity contribution in [3.63, 3.8) is 0 Å². The minimum Gasteiger partial charge on any atom is -0.481 e. The number of aromatic nitrogens is 3. The molecule has 2 aromatic rings. The van der Waals surface area contributed by atoms with E-state index in [0.29, 0.717) is 23.7 Å². The SMILES string of the molecule is CC(C)C[C@@H](C(=O)NCCCC(=O)O)n1nnc2ccccc2c1=O. The Morgan fingerprint density at radius 3 is 2.68 bits per heavy atom. The Bertz CT molecular complexity index is 816. The molecule has 0 aliphatic rings. The predicted octanol–water partition coefficient (Wildman–Crippen LogP) is 1.36. The molecule has 25 heavy (non-hydrogen) atoms. The number of benzene rings is 1. The number of carboxylic acid groups (broad SMARTS) is 1. The molecule has 1 aromatic heterocycles. The van der Waals surface area contributed by atoms with E-state index in [0.717, 1.165) is 4.68 Å². The molecule has 134 valence electrons. The summed E-state index contributed by atoms with van der Waals surface area (Å²) in [5.41, 5.74) is 0.117. The van der Waals surface area contributed by atoms with Gasteiger partial charge in [0.2, 0.25) is 5.91 Å². The van der Waals surface area contributed by atoms with Gasteiger partial charge in [0.15, 0.2) is 0 Å². The first kappa shape index (κ1) is 18.6. The van der Waals surface area contributed by atoms with Crippen LogP contribution in [0.2, 0.25) is 0 Å². The lowest BCUT2D eigenvalue weighted by molar-refractivity contribution is -0.137. The highest BCUT2D eigenvalue weighted by atomic mass is 16.4. The molecule has 2 N–H and O–H groups in total. The third-order valence-corrected chi connectivity index (χ3v) is 3.75. The second-order valence-corrected chi connectivity index (χ2v) is 6.29. The number of hydrogen-bond donors (Lipinski definition) is 2. The first-order valence-electron chi connectivity index (χ1n) is 8.24. The number of aliphatic carboxylic acids is 1. The van der Waals surface area contributed by atoms with Crippen molar-refractivity contribution in [3.05, 3.63) is 34.6 Å². The molecule has 0 saturated heterocycles. The number of nitrogens with one attached hydrogen (secondary N) is 1. The number of carboxylic acids is 1. The molecule has 0 spiro atoms. The maximum atomic E-state index is 12.7. The highest BCUT2D eigenvalue weighted by molar-refractivity contribution is 5.81. The van der Waals surface area contributed by atoms with Crippen molar-refractivity contribution in [2.24, 2.45) is 5.92 Å². The minimum atomic E-state index is -0.912. The second-order valence-electron chi connectivity index (χ2n) is 6.29. The third-order valence-electron chi connectivity index (χ3n) is 3.75. The number of rotatable bonds is 8. The van der Waals surface area contributed by atoms with Gasteiger partial charge in [-0.2, -0.15) is 4.68 Å². The highest BCUT2D eigenvalue weighted by Crippen LogP contribution is 2.16. The normalized spacial score (nSPS) is 12.3. The van der Waals surface area contributed by atoms with Crippen molar-refractivity contribution in [3.8, 4) is 0 Å². The summed E-state index contributed by atoms with van der Waals surface area (Å²) in [5, 5.41) is 19.7. The van der Waals surface area contributed by atoms with Crippen LogP contribution in [0.3, 0.4) is 0 Å². The molecule has 1 amide bonds. The minimum absolute atomic E-state index is 0.0230. The van der Waals surface area contributed by atoms with Gasteiger partial charge in [0.25, 0.3) is 5.56 Å². The van der Waals surface area contributed by atoms with Gasteiger partial charge in [-0.3, -0.25) is 14.4 Å². The molecule has 0 fully saturated rings. The zero-order valence-corrected chi connectivity index (χ0v) is 14.3. The van der Waals surface area contributed by atoms with Crippen LogP contribution in [-0.2, 0) is 9.59 Å². The summed E-state index contributed by atoms with van der Waals surface area (Å²) in [4.78, 5) is 35.7. The van der Waals surface area contributed by atoms with Gasteiger partial charge in [-0.05, 0) is 30.9 Å². The number of amides is 1. The number of carbonyl (C=O) groups is 2.